The van der Waals surface area contributed by atoms with Gasteiger partial charge in [-0.15, -0.1) is 16.4 Å². The van der Waals surface area contributed by atoms with Crippen LogP contribution in [0.4, 0.5) is 13.2 Å². The Morgan fingerprint density at radius 1 is 1.18 bits per heavy atom. The summed E-state index contributed by atoms with van der Waals surface area (Å²) in [4.78, 5) is 5.12. The lowest BCUT2D eigenvalue weighted by atomic mass is 10.1. The van der Waals surface area contributed by atoms with Crippen LogP contribution in [0.25, 0.3) is 32.2 Å². The number of oxazole rings is 1. The number of fused-ring (bicyclic) bond motifs is 1. The number of aromatic nitrogens is 4. The number of aromatic amines is 1. The molecule has 1 saturated carbocycles. The summed E-state index contributed by atoms with van der Waals surface area (Å²) in [6, 6.07) is 7.34. The van der Waals surface area contributed by atoms with Crippen LogP contribution in [0.1, 0.15) is 35.8 Å². The van der Waals surface area contributed by atoms with E-state index in [-0.39, 0.29) is 11.6 Å². The molecule has 1 fully saturated rings. The third-order valence-electron chi connectivity index (χ3n) is 4.54. The van der Waals surface area contributed by atoms with Crippen LogP contribution in [0.15, 0.2) is 28.7 Å². The van der Waals surface area contributed by atoms with Crippen molar-refractivity contribution in [1.29, 1.82) is 5.26 Å². The normalized spacial score (nSPS) is 14.5. The van der Waals surface area contributed by atoms with Crippen molar-refractivity contribution in [3.8, 4) is 28.2 Å². The number of halogens is 3. The first-order valence-corrected chi connectivity index (χ1v) is 9.19. The molecule has 28 heavy (non-hydrogen) atoms. The first kappa shape index (κ1) is 16.9. The molecular weight excluding hydrogens is 391 g/mol. The van der Waals surface area contributed by atoms with Gasteiger partial charge in [0, 0.05) is 10.6 Å². The quantitative estimate of drug-likeness (QED) is 0.515. The van der Waals surface area contributed by atoms with Gasteiger partial charge in [-0.1, -0.05) is 6.07 Å². The van der Waals surface area contributed by atoms with Crippen molar-refractivity contribution < 1.29 is 17.6 Å². The van der Waals surface area contributed by atoms with Crippen LogP contribution in [0, 0.1) is 11.3 Å². The monoisotopic (exact) mass is 401 g/mol. The van der Waals surface area contributed by atoms with Gasteiger partial charge in [-0.3, -0.25) is 0 Å². The molecule has 0 spiro atoms. The maximum absolute atomic E-state index is 13.0. The fraction of sp³-hybridized carbons (Fsp3) is 0.222. The van der Waals surface area contributed by atoms with Crippen molar-refractivity contribution in [3.63, 3.8) is 0 Å². The number of hydrogen-bond acceptors (Lipinski definition) is 6. The summed E-state index contributed by atoms with van der Waals surface area (Å²) in [6.07, 6.45) is -2.50. The summed E-state index contributed by atoms with van der Waals surface area (Å²) >= 11 is 1.18. The minimum absolute atomic E-state index is 0.118. The molecule has 1 aliphatic rings. The lowest BCUT2D eigenvalue weighted by molar-refractivity contribution is -0.137. The van der Waals surface area contributed by atoms with Gasteiger partial charge < -0.3 is 4.42 Å². The number of rotatable bonds is 3. The first-order chi connectivity index (χ1) is 13.4. The van der Waals surface area contributed by atoms with Crippen molar-refractivity contribution in [2.75, 3.05) is 0 Å². The average Bonchev–Trinajstić information content (AvgIpc) is 3.10. The first-order valence-electron chi connectivity index (χ1n) is 8.37. The molecule has 0 unspecified atom stereocenters. The number of nitrogens with zero attached hydrogens (tertiary/aromatic N) is 4. The molecule has 0 atom stereocenters. The summed E-state index contributed by atoms with van der Waals surface area (Å²) in [5.74, 6) is 1.14. The van der Waals surface area contributed by atoms with Gasteiger partial charge in [0.1, 0.15) is 17.5 Å². The standard InChI is InChI=1S/C18H10F3N5OS/c19-18(20,21)10-4-3-9-5-13(28-12(9)6-10)17-23-15(16(27-17)8-1-2-8)14-11(7-22)24-26-25-14/h3-6,8H,1-2H2,(H,24,25,26). The molecule has 140 valence electrons. The minimum atomic E-state index is -4.39. The Hall–Kier alpha value is -3.19. The summed E-state index contributed by atoms with van der Waals surface area (Å²) in [6.45, 7) is 0. The van der Waals surface area contributed by atoms with Gasteiger partial charge in [0.2, 0.25) is 5.89 Å². The van der Waals surface area contributed by atoms with E-state index < -0.39 is 11.7 Å². The van der Waals surface area contributed by atoms with E-state index in [1.807, 2.05) is 6.07 Å². The summed E-state index contributed by atoms with van der Waals surface area (Å²) in [5, 5.41) is 20.1. The van der Waals surface area contributed by atoms with Crippen molar-refractivity contribution in [2.24, 2.45) is 0 Å². The van der Waals surface area contributed by atoms with Gasteiger partial charge >= 0.3 is 6.18 Å². The fourth-order valence-electron chi connectivity index (χ4n) is 3.02. The van der Waals surface area contributed by atoms with Crippen LogP contribution in [0.5, 0.6) is 0 Å². The maximum atomic E-state index is 13.0. The van der Waals surface area contributed by atoms with Gasteiger partial charge in [0.25, 0.3) is 0 Å². The van der Waals surface area contributed by atoms with Crippen LogP contribution < -0.4 is 0 Å². The highest BCUT2D eigenvalue weighted by atomic mass is 32.1. The van der Waals surface area contributed by atoms with Gasteiger partial charge in [-0.25, -0.2) is 4.98 Å². The molecule has 3 aromatic heterocycles. The highest BCUT2D eigenvalue weighted by Crippen LogP contribution is 2.47. The molecule has 0 bridgehead atoms. The third kappa shape index (κ3) is 2.75. The van der Waals surface area contributed by atoms with E-state index in [0.717, 1.165) is 25.0 Å². The number of alkyl halides is 3. The Labute approximate surface area is 159 Å². The smallest absolute Gasteiger partial charge is 0.416 e. The van der Waals surface area contributed by atoms with Crippen molar-refractivity contribution in [2.45, 2.75) is 24.9 Å². The third-order valence-corrected chi connectivity index (χ3v) is 5.62. The number of nitrogens with one attached hydrogen (secondary N) is 1. The van der Waals surface area contributed by atoms with Crippen LogP contribution in [-0.4, -0.2) is 20.4 Å². The molecule has 1 N–H and O–H groups in total. The second kappa shape index (κ2) is 5.90. The molecule has 1 aliphatic carbocycles. The molecular formula is C18H10F3N5OS. The van der Waals surface area contributed by atoms with E-state index in [1.54, 1.807) is 6.07 Å². The predicted molar refractivity (Wildman–Crippen MR) is 94.4 cm³/mol. The molecule has 5 rings (SSSR count). The Morgan fingerprint density at radius 3 is 2.71 bits per heavy atom. The van der Waals surface area contributed by atoms with Crippen molar-refractivity contribution in [1.82, 2.24) is 20.4 Å². The van der Waals surface area contributed by atoms with E-state index >= 15 is 0 Å². The zero-order valence-electron chi connectivity index (χ0n) is 14.0. The van der Waals surface area contributed by atoms with Crippen LogP contribution in [-0.2, 0) is 6.18 Å². The second-order valence-corrected chi connectivity index (χ2v) is 7.58. The second-order valence-electron chi connectivity index (χ2n) is 6.50. The SMILES string of the molecule is N#Cc1n[nH]nc1-c1nc(-c2cc3ccc(C(F)(F)F)cc3s2)oc1C1CC1. The summed E-state index contributed by atoms with van der Waals surface area (Å²) in [7, 11) is 0. The van der Waals surface area contributed by atoms with Crippen molar-refractivity contribution >= 4 is 21.4 Å². The van der Waals surface area contributed by atoms with Crippen LogP contribution in [0.2, 0.25) is 0 Å². The highest BCUT2D eigenvalue weighted by Gasteiger charge is 2.34. The molecule has 6 nitrogen and oxygen atoms in total. The zero-order valence-corrected chi connectivity index (χ0v) is 14.9. The Balaban J connectivity index is 1.62. The largest absolute Gasteiger partial charge is 0.439 e. The molecule has 0 radical (unpaired) electrons. The Kier molecular flexibility index (Phi) is 3.57. The van der Waals surface area contributed by atoms with E-state index in [9.17, 15) is 18.4 Å². The number of hydrogen-bond donors (Lipinski definition) is 1. The van der Waals surface area contributed by atoms with Crippen LogP contribution >= 0.6 is 11.3 Å². The van der Waals surface area contributed by atoms with E-state index in [0.29, 0.717) is 38.0 Å². The van der Waals surface area contributed by atoms with E-state index in [2.05, 4.69) is 20.4 Å². The number of thiophene rings is 1. The van der Waals surface area contributed by atoms with Gasteiger partial charge in [0.15, 0.2) is 11.4 Å². The molecule has 0 saturated heterocycles. The number of benzene rings is 1. The van der Waals surface area contributed by atoms with Gasteiger partial charge in [-0.2, -0.15) is 28.7 Å². The molecule has 1 aromatic carbocycles. The Bertz CT molecular complexity index is 1240. The van der Waals surface area contributed by atoms with Crippen molar-refractivity contribution in [3.05, 3.63) is 41.3 Å². The number of nitriles is 1. The molecule has 4 aromatic rings. The van der Waals surface area contributed by atoms with E-state index in [4.69, 9.17) is 4.42 Å². The molecule has 3 heterocycles. The lowest BCUT2D eigenvalue weighted by Gasteiger charge is -2.05. The maximum Gasteiger partial charge on any atom is 0.416 e. The van der Waals surface area contributed by atoms with Gasteiger partial charge in [0.05, 0.1) is 10.4 Å². The Morgan fingerprint density at radius 2 is 2.00 bits per heavy atom. The summed E-state index contributed by atoms with van der Waals surface area (Å²) in [5.41, 5.74) is 0.199. The average molecular weight is 401 g/mol. The zero-order chi connectivity index (χ0) is 19.5. The molecule has 10 heteroatoms. The van der Waals surface area contributed by atoms with E-state index in [1.165, 1.54) is 17.4 Å². The molecule has 0 aliphatic heterocycles. The molecule has 0 amide bonds. The number of H-pyrrole nitrogens is 1. The topological polar surface area (TPSA) is 91.4 Å². The highest BCUT2D eigenvalue weighted by molar-refractivity contribution is 7.22. The van der Waals surface area contributed by atoms with Gasteiger partial charge in [-0.05, 0) is 36.4 Å². The summed E-state index contributed by atoms with van der Waals surface area (Å²) < 4.78 is 45.3. The lowest BCUT2D eigenvalue weighted by Crippen LogP contribution is -2.03. The fourth-order valence-corrected chi connectivity index (χ4v) is 4.04. The minimum Gasteiger partial charge on any atom is -0.439 e. The van der Waals surface area contributed by atoms with Crippen LogP contribution in [0.3, 0.4) is 0 Å². The predicted octanol–water partition coefficient (Wildman–Crippen LogP) is 5.11.